The number of carbonyl (C=O) groups is 1. The molecule has 0 saturated carbocycles. The summed E-state index contributed by atoms with van der Waals surface area (Å²) in [4.78, 5) is 18.2. The molecule has 1 aromatic heterocycles. The largest absolute Gasteiger partial charge is 0.480 e. The summed E-state index contributed by atoms with van der Waals surface area (Å²) in [5.41, 5.74) is 1.97. The molecule has 1 aliphatic heterocycles. The van der Waals surface area contributed by atoms with Crippen LogP contribution in [-0.4, -0.2) is 33.5 Å². The topological polar surface area (TPSA) is 53.4 Å². The molecule has 0 bridgehead atoms. The van der Waals surface area contributed by atoms with Gasteiger partial charge >= 0.3 is 5.97 Å². The van der Waals surface area contributed by atoms with Gasteiger partial charge in [0.05, 0.1) is 16.1 Å². The molecule has 6 heteroatoms. The summed E-state index contributed by atoms with van der Waals surface area (Å²) < 4.78 is 0. The molecule has 0 radical (unpaired) electrons. The SMILES string of the molecule is O=C(O)C1CCCCN1C(c1ccc(Cl)c(Cl)c1)c1ccc2cnccc2c1. The van der Waals surface area contributed by atoms with Crippen LogP contribution in [0.5, 0.6) is 0 Å². The lowest BCUT2D eigenvalue weighted by Gasteiger charge is -2.39. The summed E-state index contributed by atoms with van der Waals surface area (Å²) in [5, 5.41) is 12.9. The van der Waals surface area contributed by atoms with Gasteiger partial charge in [-0.05, 0) is 60.2 Å². The van der Waals surface area contributed by atoms with Crippen molar-refractivity contribution in [2.45, 2.75) is 31.3 Å². The third kappa shape index (κ3) is 3.72. The van der Waals surface area contributed by atoms with Crippen molar-refractivity contribution in [3.05, 3.63) is 76.0 Å². The van der Waals surface area contributed by atoms with Gasteiger partial charge in [0, 0.05) is 17.8 Å². The van der Waals surface area contributed by atoms with Gasteiger partial charge in [-0.2, -0.15) is 0 Å². The van der Waals surface area contributed by atoms with E-state index in [1.165, 1.54) is 0 Å². The number of nitrogens with zero attached hydrogens (tertiary/aromatic N) is 2. The van der Waals surface area contributed by atoms with Crippen LogP contribution >= 0.6 is 23.2 Å². The molecular weight excluding hydrogens is 395 g/mol. The van der Waals surface area contributed by atoms with Crippen LogP contribution in [0.25, 0.3) is 10.8 Å². The Bertz CT molecular complexity index is 1020. The molecule has 2 aromatic carbocycles. The lowest BCUT2D eigenvalue weighted by molar-refractivity contribution is -0.145. The van der Waals surface area contributed by atoms with Crippen LogP contribution in [0.3, 0.4) is 0 Å². The Hall–Kier alpha value is -2.14. The number of likely N-dealkylation sites (tertiary alicyclic amines) is 1. The van der Waals surface area contributed by atoms with E-state index in [0.717, 1.165) is 41.3 Å². The zero-order valence-corrected chi connectivity index (χ0v) is 16.7. The zero-order chi connectivity index (χ0) is 19.7. The maximum absolute atomic E-state index is 12.0. The number of piperidine rings is 1. The summed E-state index contributed by atoms with van der Waals surface area (Å²) in [7, 11) is 0. The summed E-state index contributed by atoms with van der Waals surface area (Å²) in [6, 6.07) is 13.0. The van der Waals surface area contributed by atoms with Crippen molar-refractivity contribution in [1.29, 1.82) is 0 Å². The van der Waals surface area contributed by atoms with E-state index in [9.17, 15) is 9.90 Å². The van der Waals surface area contributed by atoms with Crippen LogP contribution < -0.4 is 0 Å². The summed E-state index contributed by atoms with van der Waals surface area (Å²) in [6.07, 6.45) is 6.13. The molecule has 2 unspecified atom stereocenters. The monoisotopic (exact) mass is 414 g/mol. The fourth-order valence-electron chi connectivity index (χ4n) is 4.06. The third-order valence-electron chi connectivity index (χ3n) is 5.40. The van der Waals surface area contributed by atoms with Crippen LogP contribution in [0.15, 0.2) is 54.9 Å². The molecule has 2 heterocycles. The molecule has 144 valence electrons. The molecule has 0 amide bonds. The van der Waals surface area contributed by atoms with Crippen molar-refractivity contribution in [1.82, 2.24) is 9.88 Å². The number of pyridine rings is 1. The molecule has 28 heavy (non-hydrogen) atoms. The Morgan fingerprint density at radius 3 is 2.61 bits per heavy atom. The fourth-order valence-corrected chi connectivity index (χ4v) is 4.36. The predicted octanol–water partition coefficient (Wildman–Crippen LogP) is 5.57. The first-order valence-electron chi connectivity index (χ1n) is 9.32. The van der Waals surface area contributed by atoms with Crippen molar-refractivity contribution >= 4 is 39.9 Å². The molecule has 1 fully saturated rings. The van der Waals surface area contributed by atoms with Gasteiger partial charge in [-0.15, -0.1) is 0 Å². The fraction of sp³-hybridized carbons (Fsp3) is 0.273. The smallest absolute Gasteiger partial charge is 0.320 e. The molecule has 1 saturated heterocycles. The van der Waals surface area contributed by atoms with Gasteiger partial charge in [0.2, 0.25) is 0 Å². The number of carboxylic acid groups (broad SMARTS) is 1. The van der Waals surface area contributed by atoms with Gasteiger partial charge in [-0.25, -0.2) is 0 Å². The van der Waals surface area contributed by atoms with E-state index in [1.54, 1.807) is 12.3 Å². The van der Waals surface area contributed by atoms with Gasteiger partial charge in [0.1, 0.15) is 6.04 Å². The summed E-state index contributed by atoms with van der Waals surface area (Å²) in [5.74, 6) is -0.783. The van der Waals surface area contributed by atoms with Crippen molar-refractivity contribution in [2.75, 3.05) is 6.54 Å². The number of hydrogen-bond donors (Lipinski definition) is 1. The number of halogens is 2. The molecule has 4 rings (SSSR count). The zero-order valence-electron chi connectivity index (χ0n) is 15.2. The maximum Gasteiger partial charge on any atom is 0.320 e. The van der Waals surface area contributed by atoms with Crippen LogP contribution in [-0.2, 0) is 4.79 Å². The second-order valence-corrected chi connectivity index (χ2v) is 7.96. The summed E-state index contributed by atoms with van der Waals surface area (Å²) in [6.45, 7) is 0.719. The highest BCUT2D eigenvalue weighted by Gasteiger charge is 2.35. The number of rotatable bonds is 4. The van der Waals surface area contributed by atoms with Crippen LogP contribution in [0.1, 0.15) is 36.4 Å². The Kier molecular flexibility index (Phi) is 5.54. The molecule has 3 aromatic rings. The Morgan fingerprint density at radius 2 is 1.82 bits per heavy atom. The first kappa shape index (κ1) is 19.2. The molecule has 0 spiro atoms. The van der Waals surface area contributed by atoms with Gasteiger partial charge < -0.3 is 5.11 Å². The van der Waals surface area contributed by atoms with Gasteiger partial charge in [-0.3, -0.25) is 14.7 Å². The van der Waals surface area contributed by atoms with E-state index < -0.39 is 12.0 Å². The first-order valence-corrected chi connectivity index (χ1v) is 10.1. The minimum Gasteiger partial charge on any atom is -0.480 e. The van der Waals surface area contributed by atoms with E-state index in [-0.39, 0.29) is 6.04 Å². The Labute approximate surface area is 173 Å². The standard InChI is InChI=1S/C22H20Cl2N2O2/c23-18-7-6-16(12-19(18)24)21(26-10-2-1-3-20(26)22(27)28)15-4-5-17-13-25-9-8-14(17)11-15/h4-9,11-13,20-21H,1-3,10H2,(H,27,28). The van der Waals surface area contributed by atoms with Crippen molar-refractivity contribution in [3.63, 3.8) is 0 Å². The van der Waals surface area contributed by atoms with Crippen LogP contribution in [0.4, 0.5) is 0 Å². The molecule has 2 atom stereocenters. The van der Waals surface area contributed by atoms with Crippen molar-refractivity contribution in [2.24, 2.45) is 0 Å². The minimum absolute atomic E-state index is 0.214. The number of benzene rings is 2. The molecule has 1 aliphatic rings. The third-order valence-corrected chi connectivity index (χ3v) is 6.14. The number of aliphatic carboxylic acids is 1. The molecule has 4 nitrogen and oxygen atoms in total. The first-order chi connectivity index (χ1) is 13.5. The van der Waals surface area contributed by atoms with E-state index in [1.807, 2.05) is 36.5 Å². The normalized spacial score (nSPS) is 18.9. The number of fused-ring (bicyclic) bond motifs is 1. The number of carboxylic acids is 1. The Morgan fingerprint density at radius 1 is 1.04 bits per heavy atom. The number of aromatic nitrogens is 1. The maximum atomic E-state index is 12.0. The van der Waals surface area contributed by atoms with E-state index >= 15 is 0 Å². The summed E-state index contributed by atoms with van der Waals surface area (Å²) >= 11 is 12.4. The average molecular weight is 415 g/mol. The Balaban J connectivity index is 1.86. The van der Waals surface area contributed by atoms with E-state index in [4.69, 9.17) is 23.2 Å². The second kappa shape index (κ2) is 8.08. The quantitative estimate of drug-likeness (QED) is 0.605. The number of hydrogen-bond acceptors (Lipinski definition) is 3. The lowest BCUT2D eigenvalue weighted by atomic mass is 9.91. The minimum atomic E-state index is -0.783. The van der Waals surface area contributed by atoms with E-state index in [0.29, 0.717) is 16.5 Å². The van der Waals surface area contributed by atoms with Crippen molar-refractivity contribution in [3.8, 4) is 0 Å². The highest BCUT2D eigenvalue weighted by molar-refractivity contribution is 6.42. The second-order valence-electron chi connectivity index (χ2n) is 7.15. The lowest BCUT2D eigenvalue weighted by Crippen LogP contribution is -2.46. The van der Waals surface area contributed by atoms with Crippen LogP contribution in [0, 0.1) is 0 Å². The van der Waals surface area contributed by atoms with Gasteiger partial charge in [-0.1, -0.05) is 47.8 Å². The molecule has 1 N–H and O–H groups in total. The van der Waals surface area contributed by atoms with Gasteiger partial charge in [0.15, 0.2) is 0 Å². The highest BCUT2D eigenvalue weighted by Crippen LogP contribution is 2.37. The highest BCUT2D eigenvalue weighted by atomic mass is 35.5. The van der Waals surface area contributed by atoms with Crippen molar-refractivity contribution < 1.29 is 9.90 Å². The molecular formula is C22H20Cl2N2O2. The van der Waals surface area contributed by atoms with Gasteiger partial charge in [0.25, 0.3) is 0 Å². The average Bonchev–Trinajstić information content (AvgIpc) is 2.71. The van der Waals surface area contributed by atoms with Crippen LogP contribution in [0.2, 0.25) is 10.0 Å². The molecule has 0 aliphatic carbocycles. The predicted molar refractivity (Wildman–Crippen MR) is 112 cm³/mol. The van der Waals surface area contributed by atoms with E-state index in [2.05, 4.69) is 16.0 Å².